The molecular formula is C18H17ClO3. The minimum Gasteiger partial charge on any atom is -0.292 e. The number of hydrogen-bond donors (Lipinski definition) is 0. The van der Waals surface area contributed by atoms with Crippen LogP contribution in [0.3, 0.4) is 0 Å². The van der Waals surface area contributed by atoms with E-state index in [-0.39, 0.29) is 5.41 Å². The molecule has 0 saturated heterocycles. The Morgan fingerprint density at radius 3 is 2.27 bits per heavy atom. The summed E-state index contributed by atoms with van der Waals surface area (Å²) in [5, 5.41) is 0.647. The van der Waals surface area contributed by atoms with Gasteiger partial charge in [-0.1, -0.05) is 62.7 Å². The maximum Gasteiger partial charge on any atom is 0.373 e. The normalized spacial score (nSPS) is 21.2. The molecule has 114 valence electrons. The highest BCUT2D eigenvalue weighted by Gasteiger charge is 2.53. The predicted molar refractivity (Wildman–Crippen MR) is 84.6 cm³/mol. The van der Waals surface area contributed by atoms with Crippen molar-refractivity contribution >= 4 is 17.6 Å². The summed E-state index contributed by atoms with van der Waals surface area (Å²) < 4.78 is 0. The van der Waals surface area contributed by atoms with Crippen molar-refractivity contribution in [1.29, 1.82) is 0 Å². The molecule has 1 atom stereocenters. The quantitative estimate of drug-likeness (QED) is 0.713. The summed E-state index contributed by atoms with van der Waals surface area (Å²) in [6, 6.07) is 14.8. The summed E-state index contributed by atoms with van der Waals surface area (Å²) >= 11 is 6.01. The second-order valence-corrected chi connectivity index (χ2v) is 6.87. The second kappa shape index (κ2) is 5.11. The van der Waals surface area contributed by atoms with Crippen LogP contribution < -0.4 is 0 Å². The van der Waals surface area contributed by atoms with Crippen molar-refractivity contribution in [3.05, 3.63) is 70.2 Å². The molecule has 0 aromatic heterocycles. The van der Waals surface area contributed by atoms with E-state index in [0.29, 0.717) is 10.6 Å². The molecule has 0 spiro atoms. The van der Waals surface area contributed by atoms with Gasteiger partial charge in [-0.3, -0.25) is 4.89 Å². The SMILES string of the molecule is CC(C)(C)C1(c2ccc(Cl)cc2)OOC(=O)c2ccccc21. The van der Waals surface area contributed by atoms with Crippen molar-refractivity contribution < 1.29 is 14.6 Å². The van der Waals surface area contributed by atoms with E-state index in [9.17, 15) is 4.79 Å². The summed E-state index contributed by atoms with van der Waals surface area (Å²) in [6.45, 7) is 6.16. The lowest BCUT2D eigenvalue weighted by molar-refractivity contribution is -0.340. The molecule has 1 aliphatic rings. The lowest BCUT2D eigenvalue weighted by Crippen LogP contribution is -2.47. The van der Waals surface area contributed by atoms with E-state index in [1.54, 1.807) is 6.07 Å². The number of carbonyl (C=O) groups is 1. The Hall–Kier alpha value is -1.84. The molecule has 0 fully saturated rings. The van der Waals surface area contributed by atoms with Crippen molar-refractivity contribution in [2.75, 3.05) is 0 Å². The molecule has 3 rings (SSSR count). The number of hydrogen-bond acceptors (Lipinski definition) is 3. The van der Waals surface area contributed by atoms with E-state index < -0.39 is 11.6 Å². The van der Waals surface area contributed by atoms with Gasteiger partial charge in [0, 0.05) is 16.0 Å². The summed E-state index contributed by atoms with van der Waals surface area (Å²) in [5.74, 6) is -0.468. The lowest BCUT2D eigenvalue weighted by Gasteiger charge is -2.45. The summed E-state index contributed by atoms with van der Waals surface area (Å²) in [6.07, 6.45) is 0. The number of benzene rings is 2. The van der Waals surface area contributed by atoms with Crippen molar-refractivity contribution in [3.8, 4) is 0 Å². The van der Waals surface area contributed by atoms with Gasteiger partial charge in [-0.05, 0) is 23.8 Å². The van der Waals surface area contributed by atoms with Gasteiger partial charge in [-0.25, -0.2) is 4.79 Å². The van der Waals surface area contributed by atoms with Crippen LogP contribution in [-0.4, -0.2) is 5.97 Å². The van der Waals surface area contributed by atoms with Crippen LogP contribution in [0.4, 0.5) is 0 Å². The van der Waals surface area contributed by atoms with E-state index in [4.69, 9.17) is 21.4 Å². The molecule has 1 heterocycles. The van der Waals surface area contributed by atoms with E-state index in [1.165, 1.54) is 0 Å². The highest BCUT2D eigenvalue weighted by molar-refractivity contribution is 6.30. The van der Waals surface area contributed by atoms with Gasteiger partial charge in [0.05, 0.1) is 5.56 Å². The third-order valence-electron chi connectivity index (χ3n) is 4.08. The second-order valence-electron chi connectivity index (χ2n) is 6.44. The number of rotatable bonds is 1. The van der Waals surface area contributed by atoms with Crippen LogP contribution in [0.15, 0.2) is 48.5 Å². The topological polar surface area (TPSA) is 35.5 Å². The third-order valence-corrected chi connectivity index (χ3v) is 4.33. The fourth-order valence-electron chi connectivity index (χ4n) is 3.01. The maximum atomic E-state index is 12.0. The van der Waals surface area contributed by atoms with Gasteiger partial charge in [-0.2, -0.15) is 4.89 Å². The van der Waals surface area contributed by atoms with Crippen LogP contribution in [0.5, 0.6) is 0 Å². The first kappa shape index (κ1) is 15.1. The zero-order chi connectivity index (χ0) is 16.0. The Kier molecular flexibility index (Phi) is 3.50. The Morgan fingerprint density at radius 1 is 1.00 bits per heavy atom. The van der Waals surface area contributed by atoms with E-state index in [2.05, 4.69) is 20.8 Å². The molecule has 1 aliphatic heterocycles. The van der Waals surface area contributed by atoms with Gasteiger partial charge in [0.2, 0.25) is 0 Å². The van der Waals surface area contributed by atoms with Crippen molar-refractivity contribution in [1.82, 2.24) is 0 Å². The Bertz CT molecular complexity index is 716. The van der Waals surface area contributed by atoms with Gasteiger partial charge < -0.3 is 0 Å². The largest absolute Gasteiger partial charge is 0.373 e. The summed E-state index contributed by atoms with van der Waals surface area (Å²) in [4.78, 5) is 22.8. The first-order chi connectivity index (χ1) is 10.4. The molecule has 0 radical (unpaired) electrons. The average molecular weight is 317 g/mol. The highest BCUT2D eigenvalue weighted by atomic mass is 35.5. The van der Waals surface area contributed by atoms with E-state index in [0.717, 1.165) is 11.1 Å². The van der Waals surface area contributed by atoms with Gasteiger partial charge in [0.1, 0.15) is 0 Å². The van der Waals surface area contributed by atoms with Gasteiger partial charge >= 0.3 is 5.97 Å². The molecule has 22 heavy (non-hydrogen) atoms. The molecule has 0 aliphatic carbocycles. The molecule has 2 aromatic carbocycles. The Balaban J connectivity index is 2.32. The minimum absolute atomic E-state index is 0.350. The summed E-state index contributed by atoms with van der Waals surface area (Å²) in [5.41, 5.74) is 0.990. The van der Waals surface area contributed by atoms with Crippen molar-refractivity contribution in [3.63, 3.8) is 0 Å². The maximum absolute atomic E-state index is 12.0. The molecule has 1 unspecified atom stereocenters. The first-order valence-corrected chi connectivity index (χ1v) is 7.49. The zero-order valence-electron chi connectivity index (χ0n) is 12.7. The highest BCUT2D eigenvalue weighted by Crippen LogP contribution is 2.51. The van der Waals surface area contributed by atoms with Crippen molar-refractivity contribution in [2.45, 2.75) is 26.4 Å². The van der Waals surface area contributed by atoms with Crippen LogP contribution in [-0.2, 0) is 15.4 Å². The van der Waals surface area contributed by atoms with E-state index >= 15 is 0 Å². The van der Waals surface area contributed by atoms with Crippen molar-refractivity contribution in [2.24, 2.45) is 5.41 Å². The predicted octanol–water partition coefficient (Wildman–Crippen LogP) is 4.73. The molecular weight excluding hydrogens is 300 g/mol. The van der Waals surface area contributed by atoms with E-state index in [1.807, 2.05) is 42.5 Å². The van der Waals surface area contributed by atoms with Crippen LogP contribution in [0, 0.1) is 5.41 Å². The first-order valence-electron chi connectivity index (χ1n) is 7.12. The molecule has 4 heteroatoms. The fourth-order valence-corrected chi connectivity index (χ4v) is 3.13. The van der Waals surface area contributed by atoms with Crippen LogP contribution in [0.2, 0.25) is 5.02 Å². The molecule has 3 nitrogen and oxygen atoms in total. The fraction of sp³-hybridized carbons (Fsp3) is 0.278. The molecule has 2 aromatic rings. The molecule has 0 N–H and O–H groups in total. The number of fused-ring (bicyclic) bond motifs is 1. The standard InChI is InChI=1S/C18H17ClO3/c1-17(2,3)18(12-8-10-13(19)11-9-12)15-7-5-4-6-14(15)16(20)21-22-18/h4-11H,1-3H3. The molecule has 0 amide bonds. The van der Waals surface area contributed by atoms with Crippen LogP contribution >= 0.6 is 11.6 Å². The zero-order valence-corrected chi connectivity index (χ0v) is 13.5. The van der Waals surface area contributed by atoms with Gasteiger partial charge in [-0.15, -0.1) is 0 Å². The molecule has 0 saturated carbocycles. The monoisotopic (exact) mass is 316 g/mol. The van der Waals surface area contributed by atoms with Gasteiger partial charge in [0.15, 0.2) is 5.60 Å². The number of halogens is 1. The van der Waals surface area contributed by atoms with Gasteiger partial charge in [0.25, 0.3) is 0 Å². The average Bonchev–Trinajstić information content (AvgIpc) is 2.48. The Labute approximate surface area is 134 Å². The number of carbonyl (C=O) groups excluding carboxylic acids is 1. The summed E-state index contributed by atoms with van der Waals surface area (Å²) in [7, 11) is 0. The van der Waals surface area contributed by atoms with Crippen LogP contribution in [0.25, 0.3) is 0 Å². The molecule has 0 bridgehead atoms. The van der Waals surface area contributed by atoms with Crippen LogP contribution in [0.1, 0.15) is 42.3 Å². The smallest absolute Gasteiger partial charge is 0.292 e. The minimum atomic E-state index is -0.887. The lowest BCUT2D eigenvalue weighted by atomic mass is 9.67. The Morgan fingerprint density at radius 2 is 1.64 bits per heavy atom. The third kappa shape index (κ3) is 2.13.